The second kappa shape index (κ2) is 6.34. The van der Waals surface area contributed by atoms with E-state index >= 15 is 0 Å². The largest absolute Gasteiger partial charge is 0.321 e. The molecule has 1 aliphatic heterocycles. The van der Waals surface area contributed by atoms with Crippen molar-refractivity contribution >= 4 is 21.6 Å². The van der Waals surface area contributed by atoms with Gasteiger partial charge in [0.15, 0.2) is 5.69 Å². The van der Waals surface area contributed by atoms with Gasteiger partial charge in [-0.2, -0.15) is 5.10 Å². The molecule has 128 valence electrons. The number of aromatic amines is 1. The molecule has 0 unspecified atom stereocenters. The van der Waals surface area contributed by atoms with Crippen LogP contribution in [0, 0.1) is 0 Å². The van der Waals surface area contributed by atoms with Gasteiger partial charge in [-0.05, 0) is 18.2 Å². The van der Waals surface area contributed by atoms with Crippen LogP contribution in [0.15, 0.2) is 29.2 Å². The van der Waals surface area contributed by atoms with E-state index in [2.05, 4.69) is 20.8 Å². The second-order valence-corrected chi connectivity index (χ2v) is 7.88. The van der Waals surface area contributed by atoms with Gasteiger partial charge in [0.1, 0.15) is 0 Å². The Morgan fingerprint density at radius 2 is 2.12 bits per heavy atom. The minimum absolute atomic E-state index is 0.121. The summed E-state index contributed by atoms with van der Waals surface area (Å²) >= 11 is 0. The fourth-order valence-corrected chi connectivity index (χ4v) is 3.50. The molecule has 0 bridgehead atoms. The van der Waals surface area contributed by atoms with Crippen molar-refractivity contribution in [2.45, 2.75) is 17.9 Å². The van der Waals surface area contributed by atoms with Crippen LogP contribution in [-0.2, 0) is 23.0 Å². The zero-order valence-corrected chi connectivity index (χ0v) is 14.3. The zero-order valence-electron chi connectivity index (χ0n) is 13.5. The van der Waals surface area contributed by atoms with E-state index in [1.165, 1.54) is 26.2 Å². The van der Waals surface area contributed by atoms with Gasteiger partial charge < -0.3 is 10.6 Å². The van der Waals surface area contributed by atoms with E-state index in [-0.39, 0.29) is 10.8 Å². The summed E-state index contributed by atoms with van der Waals surface area (Å²) in [6.45, 7) is 1.43. The van der Waals surface area contributed by atoms with Crippen molar-refractivity contribution in [3.8, 4) is 0 Å². The number of hydrogen-bond acceptors (Lipinski definition) is 5. The van der Waals surface area contributed by atoms with E-state index < -0.39 is 10.0 Å². The third-order valence-electron chi connectivity index (χ3n) is 3.89. The lowest BCUT2D eigenvalue weighted by atomic mass is 10.1. The van der Waals surface area contributed by atoms with Gasteiger partial charge in [0.05, 0.1) is 4.90 Å². The highest BCUT2D eigenvalue weighted by molar-refractivity contribution is 7.89. The zero-order chi connectivity index (χ0) is 17.3. The maximum absolute atomic E-state index is 12.5. The van der Waals surface area contributed by atoms with E-state index in [4.69, 9.17) is 0 Å². The molecule has 0 atom stereocenters. The van der Waals surface area contributed by atoms with E-state index in [1.807, 2.05) is 0 Å². The summed E-state index contributed by atoms with van der Waals surface area (Å²) in [5.74, 6) is -0.365. The van der Waals surface area contributed by atoms with E-state index in [0.29, 0.717) is 17.9 Å². The van der Waals surface area contributed by atoms with Gasteiger partial charge in [-0.1, -0.05) is 6.07 Å². The Morgan fingerprint density at radius 3 is 2.88 bits per heavy atom. The minimum atomic E-state index is -3.55. The fraction of sp³-hybridized carbons (Fsp3) is 0.333. The highest BCUT2D eigenvalue weighted by Gasteiger charge is 2.22. The lowest BCUT2D eigenvalue weighted by Crippen LogP contribution is -2.25. The van der Waals surface area contributed by atoms with Gasteiger partial charge in [-0.25, -0.2) is 12.7 Å². The number of aromatic nitrogens is 2. The molecule has 3 rings (SSSR count). The molecule has 2 aromatic rings. The number of fused-ring (bicyclic) bond motifs is 1. The molecule has 1 aliphatic rings. The number of nitrogens with zero attached hydrogens (tertiary/aromatic N) is 2. The van der Waals surface area contributed by atoms with E-state index in [9.17, 15) is 13.2 Å². The highest BCUT2D eigenvalue weighted by Crippen LogP contribution is 2.20. The first-order chi connectivity index (χ1) is 11.4. The number of sulfonamides is 1. The SMILES string of the molecule is CN(C)S(=O)(=O)c1cccc(NC(=O)c2n[nH]c3c2CNCC3)c1. The molecule has 0 fully saturated rings. The van der Waals surface area contributed by atoms with Crippen LogP contribution >= 0.6 is 0 Å². The number of rotatable bonds is 4. The summed E-state index contributed by atoms with van der Waals surface area (Å²) in [7, 11) is -0.629. The van der Waals surface area contributed by atoms with Crippen LogP contribution in [0.4, 0.5) is 5.69 Å². The van der Waals surface area contributed by atoms with E-state index in [1.54, 1.807) is 12.1 Å². The molecule has 1 aromatic heterocycles. The molecular weight excluding hydrogens is 330 g/mol. The summed E-state index contributed by atoms with van der Waals surface area (Å²) in [4.78, 5) is 12.6. The molecule has 0 spiro atoms. The normalized spacial score (nSPS) is 14.5. The second-order valence-electron chi connectivity index (χ2n) is 5.73. The summed E-state index contributed by atoms with van der Waals surface area (Å²) in [5.41, 5.74) is 2.56. The molecule has 1 amide bonds. The standard InChI is InChI=1S/C15H19N5O3S/c1-20(2)24(22,23)11-5-3-4-10(8-11)17-15(21)14-12-9-16-7-6-13(12)18-19-14/h3-5,8,16H,6-7,9H2,1-2H3,(H,17,21)(H,18,19). The van der Waals surface area contributed by atoms with Crippen molar-refractivity contribution in [1.82, 2.24) is 19.8 Å². The van der Waals surface area contributed by atoms with E-state index in [0.717, 1.165) is 28.5 Å². The van der Waals surface area contributed by atoms with Crippen LogP contribution in [0.3, 0.4) is 0 Å². The number of carbonyl (C=O) groups is 1. The first kappa shape index (κ1) is 16.6. The van der Waals surface area contributed by atoms with Crippen LogP contribution < -0.4 is 10.6 Å². The quantitative estimate of drug-likeness (QED) is 0.747. The summed E-state index contributed by atoms with van der Waals surface area (Å²) in [6.07, 6.45) is 0.798. The predicted octanol–water partition coefficient (Wildman–Crippen LogP) is 0.558. The molecule has 3 N–H and O–H groups in total. The molecule has 8 nitrogen and oxygen atoms in total. The minimum Gasteiger partial charge on any atom is -0.321 e. The van der Waals surface area contributed by atoms with Gasteiger partial charge in [0.2, 0.25) is 10.0 Å². The number of carbonyl (C=O) groups excluding carboxylic acids is 1. The Bertz CT molecular complexity index is 873. The van der Waals surface area contributed by atoms with Crippen LogP contribution in [0.5, 0.6) is 0 Å². The Morgan fingerprint density at radius 1 is 1.33 bits per heavy atom. The first-order valence-electron chi connectivity index (χ1n) is 7.50. The Balaban J connectivity index is 1.84. The third-order valence-corrected chi connectivity index (χ3v) is 5.70. The summed E-state index contributed by atoms with van der Waals surface area (Å²) in [5, 5.41) is 12.9. The molecule has 0 saturated heterocycles. The van der Waals surface area contributed by atoms with Crippen LogP contribution in [-0.4, -0.2) is 49.5 Å². The monoisotopic (exact) mass is 349 g/mol. The van der Waals surface area contributed by atoms with Crippen molar-refractivity contribution in [1.29, 1.82) is 0 Å². The van der Waals surface area contributed by atoms with Crippen molar-refractivity contribution < 1.29 is 13.2 Å². The van der Waals surface area contributed by atoms with Crippen molar-refractivity contribution in [2.75, 3.05) is 26.0 Å². The number of nitrogens with one attached hydrogen (secondary N) is 3. The topological polar surface area (TPSA) is 107 Å². The van der Waals surface area contributed by atoms with Gasteiger partial charge in [0, 0.05) is 50.6 Å². The Kier molecular flexibility index (Phi) is 4.39. The number of anilines is 1. The summed E-state index contributed by atoms with van der Waals surface area (Å²) in [6, 6.07) is 6.16. The Hall–Kier alpha value is -2.23. The molecule has 9 heteroatoms. The van der Waals surface area contributed by atoms with Crippen LogP contribution in [0.25, 0.3) is 0 Å². The van der Waals surface area contributed by atoms with Gasteiger partial charge in [-0.3, -0.25) is 9.89 Å². The Labute approximate surface area is 140 Å². The first-order valence-corrected chi connectivity index (χ1v) is 8.94. The summed E-state index contributed by atoms with van der Waals surface area (Å²) < 4.78 is 25.5. The molecule has 1 aromatic carbocycles. The van der Waals surface area contributed by atoms with Gasteiger partial charge in [0.25, 0.3) is 5.91 Å². The van der Waals surface area contributed by atoms with Gasteiger partial charge in [-0.15, -0.1) is 0 Å². The molecule has 0 aliphatic carbocycles. The van der Waals surface area contributed by atoms with Crippen LogP contribution in [0.2, 0.25) is 0 Å². The number of hydrogen-bond donors (Lipinski definition) is 3. The highest BCUT2D eigenvalue weighted by atomic mass is 32.2. The maximum Gasteiger partial charge on any atom is 0.276 e. The molecule has 0 saturated carbocycles. The number of amides is 1. The maximum atomic E-state index is 12.5. The molecule has 2 heterocycles. The lowest BCUT2D eigenvalue weighted by molar-refractivity contribution is 0.102. The average molecular weight is 349 g/mol. The van der Waals surface area contributed by atoms with Gasteiger partial charge >= 0.3 is 0 Å². The predicted molar refractivity (Wildman–Crippen MR) is 89.3 cm³/mol. The number of H-pyrrole nitrogens is 1. The van der Waals surface area contributed by atoms with Crippen molar-refractivity contribution in [2.24, 2.45) is 0 Å². The van der Waals surface area contributed by atoms with Crippen LogP contribution in [0.1, 0.15) is 21.7 Å². The fourth-order valence-electron chi connectivity index (χ4n) is 2.55. The molecule has 0 radical (unpaired) electrons. The van der Waals surface area contributed by atoms with Crippen molar-refractivity contribution in [3.05, 3.63) is 41.2 Å². The molecular formula is C15H19N5O3S. The molecule has 24 heavy (non-hydrogen) atoms. The number of benzene rings is 1. The lowest BCUT2D eigenvalue weighted by Gasteiger charge is -2.14. The smallest absolute Gasteiger partial charge is 0.276 e. The average Bonchev–Trinajstić information content (AvgIpc) is 2.99. The van der Waals surface area contributed by atoms with Crippen molar-refractivity contribution in [3.63, 3.8) is 0 Å². The third kappa shape index (κ3) is 3.05.